The number of rotatable bonds is 3. The Morgan fingerprint density at radius 1 is 1.05 bits per heavy atom. The molecule has 1 aromatic carbocycles. The summed E-state index contributed by atoms with van der Waals surface area (Å²) in [5, 5.41) is 2.85. The second-order valence-electron chi connectivity index (χ2n) is 4.97. The number of benzene rings is 1. The van der Waals surface area contributed by atoms with Gasteiger partial charge in [-0.1, -0.05) is 17.7 Å². The van der Waals surface area contributed by atoms with E-state index in [-0.39, 0.29) is 17.9 Å². The van der Waals surface area contributed by atoms with Crippen molar-refractivity contribution in [2.75, 3.05) is 5.32 Å². The molecule has 0 aliphatic rings. The van der Waals surface area contributed by atoms with Crippen molar-refractivity contribution in [1.82, 2.24) is 4.57 Å². The largest absolute Gasteiger partial charge is 0.340 e. The van der Waals surface area contributed by atoms with Crippen molar-refractivity contribution in [3.8, 4) is 0 Å². The molecule has 4 heteroatoms. The van der Waals surface area contributed by atoms with Crippen molar-refractivity contribution in [1.29, 1.82) is 0 Å². The Morgan fingerprint density at radius 3 is 2.15 bits per heavy atom. The second kappa shape index (κ2) is 5.74. The van der Waals surface area contributed by atoms with Crippen LogP contribution in [0.3, 0.4) is 0 Å². The summed E-state index contributed by atoms with van der Waals surface area (Å²) < 4.78 is 1.82. The normalized spacial score (nSPS) is 10.3. The molecule has 0 saturated carbocycles. The number of aromatic nitrogens is 1. The van der Waals surface area contributed by atoms with Crippen LogP contribution in [0.1, 0.15) is 17.0 Å². The molecular formula is C16H18N2O2. The van der Waals surface area contributed by atoms with E-state index in [1.165, 1.54) is 12.1 Å². The van der Waals surface area contributed by atoms with E-state index in [1.807, 2.05) is 49.6 Å². The molecule has 0 spiro atoms. The number of hydrogen-bond acceptors (Lipinski definition) is 2. The Labute approximate surface area is 118 Å². The number of carbonyl (C=O) groups excluding carboxylic acids is 1. The van der Waals surface area contributed by atoms with Crippen LogP contribution in [-0.2, 0) is 11.3 Å². The molecule has 0 bridgehead atoms. The molecule has 0 aliphatic heterocycles. The van der Waals surface area contributed by atoms with Gasteiger partial charge in [0, 0.05) is 29.2 Å². The van der Waals surface area contributed by atoms with Gasteiger partial charge in [-0.25, -0.2) is 0 Å². The first-order valence-electron chi connectivity index (χ1n) is 6.50. The number of pyridine rings is 1. The maximum Gasteiger partial charge on any atom is 0.244 e. The van der Waals surface area contributed by atoms with E-state index in [0.717, 1.165) is 22.6 Å². The highest BCUT2D eigenvalue weighted by atomic mass is 16.2. The number of carbonyl (C=O) groups is 1. The molecule has 0 saturated heterocycles. The summed E-state index contributed by atoms with van der Waals surface area (Å²) in [5.74, 6) is -0.108. The molecule has 0 atom stereocenters. The number of nitrogens with zero attached hydrogens (tertiary/aromatic N) is 1. The van der Waals surface area contributed by atoms with Crippen LogP contribution in [-0.4, -0.2) is 10.5 Å². The van der Waals surface area contributed by atoms with Gasteiger partial charge in [0.2, 0.25) is 5.91 Å². The highest BCUT2D eigenvalue weighted by Gasteiger charge is 2.07. The monoisotopic (exact) mass is 270 g/mol. The summed E-state index contributed by atoms with van der Waals surface area (Å²) in [6, 6.07) is 10.7. The molecule has 1 aromatic heterocycles. The average Bonchev–Trinajstić information content (AvgIpc) is 2.36. The lowest BCUT2D eigenvalue weighted by Gasteiger charge is -2.14. The van der Waals surface area contributed by atoms with E-state index >= 15 is 0 Å². The number of nitrogens with one attached hydrogen (secondary N) is 1. The van der Waals surface area contributed by atoms with Gasteiger partial charge in [0.15, 0.2) is 5.43 Å². The Kier molecular flexibility index (Phi) is 4.03. The van der Waals surface area contributed by atoms with Crippen LogP contribution in [0.5, 0.6) is 0 Å². The fourth-order valence-corrected chi connectivity index (χ4v) is 2.12. The van der Waals surface area contributed by atoms with Gasteiger partial charge in [-0.05, 0) is 32.9 Å². The molecular weight excluding hydrogens is 252 g/mol. The third kappa shape index (κ3) is 3.35. The van der Waals surface area contributed by atoms with Crippen LogP contribution in [0.25, 0.3) is 0 Å². The predicted octanol–water partition coefficient (Wildman–Crippen LogP) is 2.41. The lowest BCUT2D eigenvalue weighted by atomic mass is 10.2. The zero-order valence-electron chi connectivity index (χ0n) is 11.9. The lowest BCUT2D eigenvalue weighted by Crippen LogP contribution is -2.23. The molecule has 4 nitrogen and oxygen atoms in total. The standard InChI is InChI=1S/C16H18N2O2/c1-11-4-6-14(7-5-11)17-16(20)10-18-12(2)8-15(19)9-13(18)3/h4-9H,10H2,1-3H3,(H,17,20). The minimum atomic E-state index is -0.108. The Hall–Kier alpha value is -2.36. The van der Waals surface area contributed by atoms with E-state index in [9.17, 15) is 9.59 Å². The molecule has 20 heavy (non-hydrogen) atoms. The highest BCUT2D eigenvalue weighted by Crippen LogP contribution is 2.09. The lowest BCUT2D eigenvalue weighted by molar-refractivity contribution is -0.116. The maximum absolute atomic E-state index is 12.0. The molecule has 104 valence electrons. The number of aryl methyl sites for hydroxylation is 3. The third-order valence-electron chi connectivity index (χ3n) is 3.19. The van der Waals surface area contributed by atoms with Crippen LogP contribution in [0, 0.1) is 20.8 Å². The Morgan fingerprint density at radius 2 is 1.60 bits per heavy atom. The molecule has 0 radical (unpaired) electrons. The van der Waals surface area contributed by atoms with Gasteiger partial charge in [0.25, 0.3) is 0 Å². The first-order valence-corrected chi connectivity index (χ1v) is 6.50. The van der Waals surface area contributed by atoms with Crippen LogP contribution in [0.15, 0.2) is 41.2 Å². The molecule has 2 aromatic rings. The summed E-state index contributed by atoms with van der Waals surface area (Å²) in [6.07, 6.45) is 0. The van der Waals surface area contributed by atoms with Gasteiger partial charge in [-0.3, -0.25) is 9.59 Å². The maximum atomic E-state index is 12.0. The van der Waals surface area contributed by atoms with Crippen molar-refractivity contribution in [3.05, 3.63) is 63.6 Å². The van der Waals surface area contributed by atoms with E-state index in [4.69, 9.17) is 0 Å². The van der Waals surface area contributed by atoms with Crippen molar-refractivity contribution in [2.45, 2.75) is 27.3 Å². The van der Waals surface area contributed by atoms with Crippen molar-refractivity contribution < 1.29 is 4.79 Å². The fraction of sp³-hybridized carbons (Fsp3) is 0.250. The van der Waals surface area contributed by atoms with Crippen molar-refractivity contribution in [3.63, 3.8) is 0 Å². The summed E-state index contributed by atoms with van der Waals surface area (Å²) >= 11 is 0. The zero-order chi connectivity index (χ0) is 14.7. The summed E-state index contributed by atoms with van der Waals surface area (Å²) in [4.78, 5) is 23.4. The number of anilines is 1. The van der Waals surface area contributed by atoms with E-state index in [2.05, 4.69) is 5.32 Å². The third-order valence-corrected chi connectivity index (χ3v) is 3.19. The highest BCUT2D eigenvalue weighted by molar-refractivity contribution is 5.90. The zero-order valence-corrected chi connectivity index (χ0v) is 11.9. The van der Waals surface area contributed by atoms with Crippen molar-refractivity contribution in [2.24, 2.45) is 0 Å². The van der Waals surface area contributed by atoms with E-state index < -0.39 is 0 Å². The van der Waals surface area contributed by atoms with Gasteiger partial charge in [-0.2, -0.15) is 0 Å². The van der Waals surface area contributed by atoms with Crippen LogP contribution >= 0.6 is 0 Å². The Bertz CT molecular complexity index is 658. The molecule has 0 unspecified atom stereocenters. The van der Waals surface area contributed by atoms with Gasteiger partial charge in [0.05, 0.1) is 0 Å². The van der Waals surface area contributed by atoms with E-state index in [1.54, 1.807) is 0 Å². The topological polar surface area (TPSA) is 51.1 Å². The SMILES string of the molecule is Cc1ccc(NC(=O)Cn2c(C)cc(=O)cc2C)cc1. The average molecular weight is 270 g/mol. The molecule has 1 amide bonds. The molecule has 0 aliphatic carbocycles. The van der Waals surface area contributed by atoms with Gasteiger partial charge >= 0.3 is 0 Å². The first-order chi connectivity index (χ1) is 9.45. The van der Waals surface area contributed by atoms with E-state index in [0.29, 0.717) is 0 Å². The van der Waals surface area contributed by atoms with Gasteiger partial charge in [-0.15, -0.1) is 0 Å². The minimum absolute atomic E-state index is 0.0322. The molecule has 1 N–H and O–H groups in total. The smallest absolute Gasteiger partial charge is 0.244 e. The molecule has 2 rings (SSSR count). The molecule has 0 fully saturated rings. The fourth-order valence-electron chi connectivity index (χ4n) is 2.12. The van der Waals surface area contributed by atoms with Crippen LogP contribution < -0.4 is 10.7 Å². The predicted molar refractivity (Wildman–Crippen MR) is 80.0 cm³/mol. The molecule has 1 heterocycles. The first kappa shape index (κ1) is 14.1. The van der Waals surface area contributed by atoms with Crippen molar-refractivity contribution >= 4 is 11.6 Å². The quantitative estimate of drug-likeness (QED) is 0.931. The van der Waals surface area contributed by atoms with Gasteiger partial charge in [0.1, 0.15) is 6.54 Å². The van der Waals surface area contributed by atoms with Gasteiger partial charge < -0.3 is 9.88 Å². The number of amides is 1. The van der Waals surface area contributed by atoms with Crippen LogP contribution in [0.4, 0.5) is 5.69 Å². The summed E-state index contributed by atoms with van der Waals surface area (Å²) in [7, 11) is 0. The number of hydrogen-bond donors (Lipinski definition) is 1. The summed E-state index contributed by atoms with van der Waals surface area (Å²) in [6.45, 7) is 5.85. The second-order valence-corrected chi connectivity index (χ2v) is 4.97. The minimum Gasteiger partial charge on any atom is -0.340 e. The van der Waals surface area contributed by atoms with Crippen LogP contribution in [0.2, 0.25) is 0 Å². The summed E-state index contributed by atoms with van der Waals surface area (Å²) in [5.41, 5.74) is 3.46. The Balaban J connectivity index is 2.12.